The van der Waals surface area contributed by atoms with Crippen LogP contribution < -0.4 is 5.73 Å². The lowest BCUT2D eigenvalue weighted by molar-refractivity contribution is -0.161. The summed E-state index contributed by atoms with van der Waals surface area (Å²) in [6.45, 7) is 2.34. The van der Waals surface area contributed by atoms with Gasteiger partial charge in [-0.15, -0.1) is 0 Å². The predicted octanol–water partition coefficient (Wildman–Crippen LogP) is 4.88. The molecule has 0 saturated carbocycles. The number of carbonyl (C=O) groups is 3. The van der Waals surface area contributed by atoms with Crippen LogP contribution in [-0.4, -0.2) is 59.9 Å². The summed E-state index contributed by atoms with van der Waals surface area (Å²) in [4.78, 5) is 44.4. The van der Waals surface area contributed by atoms with Gasteiger partial charge in [-0.2, -0.15) is 0 Å². The molecule has 0 bridgehead atoms. The molecule has 0 radical (unpaired) electrons. The van der Waals surface area contributed by atoms with E-state index in [4.69, 9.17) is 24.8 Å². The monoisotopic (exact) mass is 553 g/mol. The van der Waals surface area contributed by atoms with E-state index >= 15 is 0 Å². The van der Waals surface area contributed by atoms with Crippen LogP contribution in [0.4, 0.5) is 0 Å². The highest BCUT2D eigenvalue weighted by Gasteiger charge is 2.28. The minimum atomic E-state index is -4.67. The average Bonchev–Trinajstić information content (AvgIpc) is 2.85. The summed E-state index contributed by atoms with van der Waals surface area (Å²) in [7, 11) is -4.67. The maximum Gasteiger partial charge on any atom is 0.472 e. The van der Waals surface area contributed by atoms with Crippen molar-refractivity contribution in [3.63, 3.8) is 0 Å². The zero-order valence-corrected chi connectivity index (χ0v) is 23.5. The maximum absolute atomic E-state index is 12.3. The Morgan fingerprint density at radius 3 is 1.76 bits per heavy atom. The largest absolute Gasteiger partial charge is 0.480 e. The van der Waals surface area contributed by atoms with Crippen LogP contribution in [0.1, 0.15) is 110 Å². The standard InChI is InChI=1S/C25H48NO10P/c1-3-5-6-7-8-9-10-11-12-13-14-15-17-24(28)36-21(18-33-23(27)16-4-2)19-34-37(31,32)35-20-22(26)25(29)30/h21-22H,3-20,26H2,1-2H3,(H,29,30)(H,31,32). The van der Waals surface area contributed by atoms with E-state index in [1.807, 2.05) is 0 Å². The molecule has 0 aromatic heterocycles. The van der Waals surface area contributed by atoms with Gasteiger partial charge >= 0.3 is 25.7 Å². The number of phosphoric acid groups is 1. The van der Waals surface area contributed by atoms with E-state index in [0.29, 0.717) is 12.8 Å². The molecule has 0 aromatic rings. The third-order valence-electron chi connectivity index (χ3n) is 5.57. The van der Waals surface area contributed by atoms with Gasteiger partial charge in [0.05, 0.1) is 13.2 Å². The SMILES string of the molecule is CCCCCCCCCCCCCCC(=O)OC(COC(=O)CCC)COP(=O)(O)OCC(N)C(=O)O. The van der Waals surface area contributed by atoms with E-state index in [1.165, 1.54) is 51.4 Å². The molecule has 0 aliphatic rings. The Morgan fingerprint density at radius 1 is 0.730 bits per heavy atom. The molecule has 11 nitrogen and oxygen atoms in total. The fourth-order valence-corrected chi connectivity index (χ4v) is 4.17. The Kier molecular flexibility index (Phi) is 21.5. The first-order valence-corrected chi connectivity index (χ1v) is 15.1. The molecule has 0 aliphatic carbocycles. The number of unbranched alkanes of at least 4 members (excludes halogenated alkanes) is 11. The number of carboxylic acids is 1. The topological polar surface area (TPSA) is 172 Å². The quantitative estimate of drug-likeness (QED) is 0.0799. The first kappa shape index (κ1) is 35.5. The molecule has 0 heterocycles. The zero-order valence-electron chi connectivity index (χ0n) is 22.6. The number of esters is 2. The van der Waals surface area contributed by atoms with Gasteiger partial charge in [-0.25, -0.2) is 4.57 Å². The van der Waals surface area contributed by atoms with Crippen molar-refractivity contribution in [2.24, 2.45) is 5.73 Å². The molecule has 4 N–H and O–H groups in total. The highest BCUT2D eigenvalue weighted by molar-refractivity contribution is 7.47. The zero-order chi connectivity index (χ0) is 27.9. The lowest BCUT2D eigenvalue weighted by Crippen LogP contribution is -2.34. The highest BCUT2D eigenvalue weighted by atomic mass is 31.2. The Labute approximate surface area is 221 Å². The second kappa shape index (κ2) is 22.5. The molecule has 218 valence electrons. The van der Waals surface area contributed by atoms with Gasteiger partial charge < -0.3 is 25.2 Å². The second-order valence-corrected chi connectivity index (χ2v) is 10.6. The molecule has 0 amide bonds. The van der Waals surface area contributed by atoms with E-state index in [-0.39, 0.29) is 19.4 Å². The molecule has 0 spiro atoms. The molecule has 0 rings (SSSR count). The van der Waals surface area contributed by atoms with Crippen LogP contribution in [0.25, 0.3) is 0 Å². The van der Waals surface area contributed by atoms with Crippen LogP contribution in [0.2, 0.25) is 0 Å². The van der Waals surface area contributed by atoms with Gasteiger partial charge in [0, 0.05) is 12.8 Å². The number of carbonyl (C=O) groups excluding carboxylic acids is 2. The summed E-state index contributed by atoms with van der Waals surface area (Å²) in [6, 6.07) is -1.51. The van der Waals surface area contributed by atoms with Gasteiger partial charge in [0.2, 0.25) is 0 Å². The van der Waals surface area contributed by atoms with Gasteiger partial charge in [-0.1, -0.05) is 84.5 Å². The molecule has 0 aromatic carbocycles. The number of hydrogen-bond donors (Lipinski definition) is 3. The van der Waals surface area contributed by atoms with E-state index < -0.39 is 51.1 Å². The molecular weight excluding hydrogens is 505 g/mol. The van der Waals surface area contributed by atoms with Gasteiger partial charge in [0.25, 0.3) is 0 Å². The summed E-state index contributed by atoms with van der Waals surface area (Å²) in [6.07, 6.45) is 13.7. The summed E-state index contributed by atoms with van der Waals surface area (Å²) < 4.78 is 31.7. The van der Waals surface area contributed by atoms with Crippen molar-refractivity contribution >= 4 is 25.7 Å². The third-order valence-corrected chi connectivity index (χ3v) is 6.53. The van der Waals surface area contributed by atoms with Gasteiger partial charge in [0.1, 0.15) is 12.6 Å². The minimum absolute atomic E-state index is 0.164. The smallest absolute Gasteiger partial charge is 0.472 e. The lowest BCUT2D eigenvalue weighted by Gasteiger charge is -2.20. The lowest BCUT2D eigenvalue weighted by atomic mass is 10.0. The maximum atomic E-state index is 12.3. The summed E-state index contributed by atoms with van der Waals surface area (Å²) in [5, 5.41) is 8.72. The summed E-state index contributed by atoms with van der Waals surface area (Å²) in [5.74, 6) is -2.44. The molecule has 0 saturated heterocycles. The molecular formula is C25H48NO10P. The van der Waals surface area contributed by atoms with E-state index in [2.05, 4.69) is 11.4 Å². The summed E-state index contributed by atoms with van der Waals surface area (Å²) in [5.41, 5.74) is 5.23. The van der Waals surface area contributed by atoms with Crippen molar-refractivity contribution in [3.05, 3.63) is 0 Å². The van der Waals surface area contributed by atoms with Gasteiger partial charge in [-0.05, 0) is 12.8 Å². The van der Waals surface area contributed by atoms with Crippen molar-refractivity contribution in [1.29, 1.82) is 0 Å². The molecule has 0 aliphatic heterocycles. The highest BCUT2D eigenvalue weighted by Crippen LogP contribution is 2.43. The van der Waals surface area contributed by atoms with E-state index in [9.17, 15) is 23.8 Å². The Bertz CT molecular complexity index is 676. The number of hydrogen-bond acceptors (Lipinski definition) is 9. The number of phosphoric ester groups is 1. The number of carboxylic acid groups (broad SMARTS) is 1. The van der Waals surface area contributed by atoms with Crippen LogP contribution >= 0.6 is 7.82 Å². The fourth-order valence-electron chi connectivity index (χ4n) is 3.39. The average molecular weight is 554 g/mol. The van der Waals surface area contributed by atoms with Crippen molar-refractivity contribution in [2.75, 3.05) is 19.8 Å². The van der Waals surface area contributed by atoms with Crippen LogP contribution in [0.5, 0.6) is 0 Å². The van der Waals surface area contributed by atoms with Crippen molar-refractivity contribution in [1.82, 2.24) is 0 Å². The van der Waals surface area contributed by atoms with E-state index in [0.717, 1.165) is 19.3 Å². The van der Waals surface area contributed by atoms with Crippen molar-refractivity contribution < 1.29 is 47.5 Å². The van der Waals surface area contributed by atoms with Crippen LogP contribution in [-0.2, 0) is 37.5 Å². The molecule has 0 fully saturated rings. The first-order valence-electron chi connectivity index (χ1n) is 13.6. The second-order valence-electron chi connectivity index (χ2n) is 9.19. The van der Waals surface area contributed by atoms with Gasteiger partial charge in [-0.3, -0.25) is 23.4 Å². The van der Waals surface area contributed by atoms with E-state index in [1.54, 1.807) is 6.92 Å². The Hall–Kier alpha value is -1.52. The normalized spacial score (nSPS) is 14.5. The first-order chi connectivity index (χ1) is 17.6. The van der Waals surface area contributed by atoms with Crippen molar-refractivity contribution in [2.45, 2.75) is 122 Å². The van der Waals surface area contributed by atoms with Crippen LogP contribution in [0.15, 0.2) is 0 Å². The minimum Gasteiger partial charge on any atom is -0.480 e. The number of rotatable bonds is 25. The summed E-state index contributed by atoms with van der Waals surface area (Å²) >= 11 is 0. The Balaban J connectivity index is 4.32. The predicted molar refractivity (Wildman–Crippen MR) is 139 cm³/mol. The number of aliphatic carboxylic acids is 1. The van der Waals surface area contributed by atoms with Crippen LogP contribution in [0.3, 0.4) is 0 Å². The van der Waals surface area contributed by atoms with Gasteiger partial charge in [0.15, 0.2) is 6.10 Å². The molecule has 12 heteroatoms. The van der Waals surface area contributed by atoms with Crippen molar-refractivity contribution in [3.8, 4) is 0 Å². The molecule has 37 heavy (non-hydrogen) atoms. The Morgan fingerprint density at radius 2 is 1.24 bits per heavy atom. The molecule has 3 atom stereocenters. The number of nitrogens with two attached hydrogens (primary N) is 1. The number of ether oxygens (including phenoxy) is 2. The van der Waals surface area contributed by atoms with Crippen LogP contribution in [0, 0.1) is 0 Å². The third kappa shape index (κ3) is 22.2. The fraction of sp³-hybridized carbons (Fsp3) is 0.880. The molecule has 3 unspecified atom stereocenters.